The molecule has 1 aromatic heterocycles. The van der Waals surface area contributed by atoms with Gasteiger partial charge in [0.15, 0.2) is 6.61 Å². The maximum absolute atomic E-state index is 12.9. The molecular formula is C23H24N6O5. The van der Waals surface area contributed by atoms with Gasteiger partial charge in [-0.3, -0.25) is 23.9 Å². The number of amides is 3. The molecule has 0 saturated heterocycles. The molecular weight excluding hydrogens is 440 g/mol. The van der Waals surface area contributed by atoms with Crippen molar-refractivity contribution in [1.82, 2.24) is 14.8 Å². The number of nitrogens with two attached hydrogens (primary N) is 1. The first-order chi connectivity index (χ1) is 16.2. The minimum absolute atomic E-state index is 0.00115. The van der Waals surface area contributed by atoms with Gasteiger partial charge in [-0.15, -0.1) is 0 Å². The second-order valence-electron chi connectivity index (χ2n) is 7.31. The van der Waals surface area contributed by atoms with Gasteiger partial charge in [0.05, 0.1) is 17.1 Å². The summed E-state index contributed by atoms with van der Waals surface area (Å²) in [6.45, 7) is 3.06. The number of benzene rings is 2. The van der Waals surface area contributed by atoms with Crippen LogP contribution in [-0.4, -0.2) is 39.4 Å². The van der Waals surface area contributed by atoms with Crippen LogP contribution in [0.5, 0.6) is 5.75 Å². The molecule has 0 saturated carbocycles. The van der Waals surface area contributed by atoms with Crippen molar-refractivity contribution in [3.63, 3.8) is 0 Å². The van der Waals surface area contributed by atoms with Crippen LogP contribution in [0.1, 0.15) is 18.2 Å². The monoisotopic (exact) mass is 464 g/mol. The van der Waals surface area contributed by atoms with E-state index in [4.69, 9.17) is 10.5 Å². The van der Waals surface area contributed by atoms with Gasteiger partial charge in [-0.1, -0.05) is 18.2 Å². The summed E-state index contributed by atoms with van der Waals surface area (Å²) in [6.07, 6.45) is 0. The van der Waals surface area contributed by atoms with Crippen molar-refractivity contribution in [2.75, 3.05) is 11.9 Å². The third kappa shape index (κ3) is 5.38. The lowest BCUT2D eigenvalue weighted by Crippen LogP contribution is -2.34. The highest BCUT2D eigenvalue weighted by atomic mass is 16.5. The van der Waals surface area contributed by atoms with Crippen molar-refractivity contribution in [3.05, 3.63) is 76.2 Å². The number of anilines is 1. The summed E-state index contributed by atoms with van der Waals surface area (Å²) in [5.74, 6) is -2.21. The molecule has 11 nitrogen and oxygen atoms in total. The average Bonchev–Trinajstić information content (AvgIpc) is 3.04. The Bertz CT molecular complexity index is 1310. The lowest BCUT2D eigenvalue weighted by Gasteiger charge is -2.07. The fourth-order valence-electron chi connectivity index (χ4n) is 3.08. The van der Waals surface area contributed by atoms with E-state index in [-0.39, 0.29) is 12.3 Å². The molecule has 34 heavy (non-hydrogen) atoms. The Morgan fingerprint density at radius 2 is 1.68 bits per heavy atom. The summed E-state index contributed by atoms with van der Waals surface area (Å²) in [4.78, 5) is 48.3. The predicted molar refractivity (Wildman–Crippen MR) is 126 cm³/mol. The molecule has 0 radical (unpaired) electrons. The zero-order valence-corrected chi connectivity index (χ0v) is 18.9. The lowest BCUT2D eigenvalue weighted by molar-refractivity contribution is -0.136. The first-order valence-electron chi connectivity index (χ1n) is 10.2. The Hall–Kier alpha value is -4.67. The number of para-hydroxylation sites is 1. The van der Waals surface area contributed by atoms with Crippen LogP contribution in [0.15, 0.2) is 64.5 Å². The number of ether oxygens (including phenoxy) is 1. The highest BCUT2D eigenvalue weighted by molar-refractivity contribution is 6.39. The fraction of sp³-hybridized carbons (Fsp3) is 0.174. The van der Waals surface area contributed by atoms with Gasteiger partial charge in [0, 0.05) is 7.05 Å². The third-order valence-corrected chi connectivity index (χ3v) is 4.98. The molecule has 3 rings (SSSR count). The Kier molecular flexibility index (Phi) is 7.26. The second-order valence-corrected chi connectivity index (χ2v) is 7.31. The van der Waals surface area contributed by atoms with Gasteiger partial charge >= 0.3 is 11.8 Å². The largest absolute Gasteiger partial charge is 0.484 e. The molecule has 3 amide bonds. The SMILES string of the molecule is C/C(=N\NC(=O)C(=O)Nc1c(C)n(C)n(-c2ccccc2)c1=O)c1ccc(OCC(N)=O)cc1. The van der Waals surface area contributed by atoms with Crippen LogP contribution < -0.4 is 26.8 Å². The molecule has 0 atom stereocenters. The van der Waals surface area contributed by atoms with Crippen LogP contribution in [0.4, 0.5) is 5.69 Å². The highest BCUT2D eigenvalue weighted by Gasteiger charge is 2.21. The molecule has 2 aromatic carbocycles. The van der Waals surface area contributed by atoms with E-state index in [1.807, 2.05) is 6.07 Å². The third-order valence-electron chi connectivity index (χ3n) is 4.98. The highest BCUT2D eigenvalue weighted by Crippen LogP contribution is 2.14. The van der Waals surface area contributed by atoms with Crippen LogP contribution in [-0.2, 0) is 21.4 Å². The van der Waals surface area contributed by atoms with Crippen molar-refractivity contribution < 1.29 is 19.1 Å². The molecule has 0 aliphatic carbocycles. The summed E-state index contributed by atoms with van der Waals surface area (Å²) in [5, 5.41) is 6.30. The number of rotatable bonds is 7. The lowest BCUT2D eigenvalue weighted by atomic mass is 10.1. The van der Waals surface area contributed by atoms with Gasteiger partial charge in [-0.05, 0) is 55.8 Å². The van der Waals surface area contributed by atoms with E-state index < -0.39 is 23.3 Å². The summed E-state index contributed by atoms with van der Waals surface area (Å²) < 4.78 is 8.16. The number of hydrogen-bond acceptors (Lipinski definition) is 6. The minimum Gasteiger partial charge on any atom is -0.484 e. The van der Waals surface area contributed by atoms with Crippen molar-refractivity contribution in [1.29, 1.82) is 0 Å². The van der Waals surface area contributed by atoms with Crippen molar-refractivity contribution in [2.24, 2.45) is 17.9 Å². The molecule has 0 bridgehead atoms. The van der Waals surface area contributed by atoms with E-state index in [9.17, 15) is 19.2 Å². The summed E-state index contributed by atoms with van der Waals surface area (Å²) in [5.41, 5.74) is 8.91. The minimum atomic E-state index is -1.03. The molecule has 0 aliphatic rings. The molecule has 0 unspecified atom stereocenters. The number of nitrogens with zero attached hydrogens (tertiary/aromatic N) is 3. The molecule has 0 fully saturated rings. The molecule has 1 heterocycles. The quantitative estimate of drug-likeness (QED) is 0.269. The Morgan fingerprint density at radius 3 is 2.29 bits per heavy atom. The van der Waals surface area contributed by atoms with Crippen molar-refractivity contribution >= 4 is 29.1 Å². The van der Waals surface area contributed by atoms with Gasteiger partial charge < -0.3 is 15.8 Å². The maximum atomic E-state index is 12.9. The normalized spacial score (nSPS) is 11.1. The summed E-state index contributed by atoms with van der Waals surface area (Å²) in [7, 11) is 1.68. The van der Waals surface area contributed by atoms with E-state index in [2.05, 4.69) is 15.8 Å². The zero-order valence-electron chi connectivity index (χ0n) is 18.9. The van der Waals surface area contributed by atoms with Gasteiger partial charge in [0.25, 0.3) is 11.5 Å². The Balaban J connectivity index is 1.68. The fourth-order valence-corrected chi connectivity index (χ4v) is 3.08. The second kappa shape index (κ2) is 10.3. The number of primary amides is 1. The topological polar surface area (TPSA) is 150 Å². The standard InChI is InChI=1S/C23H24N6O5/c1-14(16-9-11-18(12-10-16)34-13-19(24)30)26-27-22(32)21(31)25-20-15(2)28(3)29(23(20)33)17-7-5-4-6-8-17/h4-12H,13H2,1-3H3,(H2,24,30)(H,25,31)(H,27,32)/b26-14+. The van der Waals surface area contributed by atoms with Gasteiger partial charge in [-0.25, -0.2) is 10.1 Å². The first kappa shape index (κ1) is 24.0. The van der Waals surface area contributed by atoms with E-state index in [1.165, 1.54) is 4.68 Å². The Morgan fingerprint density at radius 1 is 1.03 bits per heavy atom. The van der Waals surface area contributed by atoms with Crippen LogP contribution in [0.3, 0.4) is 0 Å². The van der Waals surface area contributed by atoms with Crippen LogP contribution in [0.25, 0.3) is 5.69 Å². The molecule has 0 aliphatic heterocycles. The molecule has 176 valence electrons. The molecule has 3 aromatic rings. The number of carbonyl (C=O) groups is 3. The average molecular weight is 464 g/mol. The van der Waals surface area contributed by atoms with E-state index in [0.29, 0.717) is 28.4 Å². The van der Waals surface area contributed by atoms with Crippen LogP contribution >= 0.6 is 0 Å². The number of carbonyl (C=O) groups excluding carboxylic acids is 3. The van der Waals surface area contributed by atoms with Crippen LogP contribution in [0.2, 0.25) is 0 Å². The van der Waals surface area contributed by atoms with Crippen LogP contribution in [0, 0.1) is 6.92 Å². The molecule has 0 spiro atoms. The first-order valence-corrected chi connectivity index (χ1v) is 10.2. The van der Waals surface area contributed by atoms with E-state index >= 15 is 0 Å². The smallest absolute Gasteiger partial charge is 0.329 e. The van der Waals surface area contributed by atoms with Gasteiger partial charge in [-0.2, -0.15) is 5.10 Å². The zero-order chi connectivity index (χ0) is 24.8. The van der Waals surface area contributed by atoms with Crippen molar-refractivity contribution in [2.45, 2.75) is 13.8 Å². The maximum Gasteiger partial charge on any atom is 0.329 e. The Labute approximate surface area is 194 Å². The number of nitrogens with one attached hydrogen (secondary N) is 2. The van der Waals surface area contributed by atoms with Gasteiger partial charge in [0.1, 0.15) is 11.4 Å². The number of hydrazone groups is 1. The summed E-state index contributed by atoms with van der Waals surface area (Å²) in [6, 6.07) is 15.5. The number of hydrogen-bond donors (Lipinski definition) is 3. The molecule has 4 N–H and O–H groups in total. The van der Waals surface area contributed by atoms with E-state index in [0.717, 1.165) is 0 Å². The molecule has 11 heteroatoms. The van der Waals surface area contributed by atoms with Crippen molar-refractivity contribution in [3.8, 4) is 11.4 Å². The predicted octanol–water partition coefficient (Wildman–Crippen LogP) is 0.827. The van der Waals surface area contributed by atoms with Gasteiger partial charge in [0.2, 0.25) is 0 Å². The summed E-state index contributed by atoms with van der Waals surface area (Å²) >= 11 is 0. The van der Waals surface area contributed by atoms with E-state index in [1.54, 1.807) is 74.1 Å². The number of aromatic nitrogens is 2.